The molecule has 0 fully saturated rings. The Bertz CT molecular complexity index is 706. The molecule has 0 aliphatic heterocycles. The molecule has 0 spiro atoms. The highest BCUT2D eigenvalue weighted by atomic mass is 16.6. The molecular formula is C21H31NO5. The molecule has 2 rings (SSSR count). The molecule has 1 aromatic carbocycles. The van der Waals surface area contributed by atoms with E-state index >= 15 is 0 Å². The Morgan fingerprint density at radius 2 is 1.89 bits per heavy atom. The summed E-state index contributed by atoms with van der Waals surface area (Å²) < 4.78 is 16.4. The molecule has 6 heteroatoms. The second kappa shape index (κ2) is 8.63. The van der Waals surface area contributed by atoms with Gasteiger partial charge in [-0.3, -0.25) is 0 Å². The van der Waals surface area contributed by atoms with Gasteiger partial charge in [0.05, 0.1) is 18.2 Å². The molecule has 0 saturated heterocycles. The van der Waals surface area contributed by atoms with Crippen molar-refractivity contribution < 1.29 is 23.8 Å². The molecule has 1 amide bonds. The lowest BCUT2D eigenvalue weighted by atomic mass is 9.98. The predicted octanol–water partition coefficient (Wildman–Crippen LogP) is 3.95. The van der Waals surface area contributed by atoms with E-state index < -0.39 is 11.7 Å². The van der Waals surface area contributed by atoms with Gasteiger partial charge in [-0.2, -0.15) is 0 Å². The first-order chi connectivity index (χ1) is 12.6. The van der Waals surface area contributed by atoms with Crippen LogP contribution in [0.5, 0.6) is 5.75 Å². The van der Waals surface area contributed by atoms with Gasteiger partial charge in [0.2, 0.25) is 0 Å². The van der Waals surface area contributed by atoms with Crippen LogP contribution in [0.25, 0.3) is 0 Å². The van der Waals surface area contributed by atoms with Crippen LogP contribution in [0.2, 0.25) is 0 Å². The van der Waals surface area contributed by atoms with Gasteiger partial charge in [-0.05, 0) is 83.6 Å². The monoisotopic (exact) mass is 377 g/mol. The number of carbonyl (C=O) groups excluding carboxylic acids is 2. The molecule has 1 aliphatic rings. The summed E-state index contributed by atoms with van der Waals surface area (Å²) in [6.07, 6.45) is 2.39. The molecule has 0 saturated carbocycles. The summed E-state index contributed by atoms with van der Waals surface area (Å²) >= 11 is 0. The number of hydrogen-bond donors (Lipinski definition) is 1. The SMILES string of the molecule is CCOC(=O)c1cc(OC[C@H](C)NC(=O)OC(C)(C)C)c(C)c2c1CCC2. The number of rotatable bonds is 6. The standard InChI is InChI=1S/C21H31NO5/c1-7-25-19(23)17-11-18(14(3)15-9-8-10-16(15)17)26-12-13(2)22-20(24)27-21(4,5)6/h11,13H,7-10,12H2,1-6H3,(H,22,24)/t13-/m0/s1. The molecule has 0 unspecified atom stereocenters. The summed E-state index contributed by atoms with van der Waals surface area (Å²) in [7, 11) is 0. The third kappa shape index (κ3) is 5.62. The maximum absolute atomic E-state index is 12.3. The first-order valence-corrected chi connectivity index (χ1v) is 9.57. The summed E-state index contributed by atoms with van der Waals surface area (Å²) in [6, 6.07) is 1.54. The number of hydrogen-bond acceptors (Lipinski definition) is 5. The lowest BCUT2D eigenvalue weighted by Crippen LogP contribution is -2.40. The quantitative estimate of drug-likeness (QED) is 0.760. The number of esters is 1. The second-order valence-corrected chi connectivity index (χ2v) is 7.94. The zero-order chi connectivity index (χ0) is 20.2. The van der Waals surface area contributed by atoms with E-state index in [0.29, 0.717) is 17.9 Å². The van der Waals surface area contributed by atoms with Gasteiger partial charge >= 0.3 is 12.1 Å². The third-order valence-corrected chi connectivity index (χ3v) is 4.39. The Hall–Kier alpha value is -2.24. The smallest absolute Gasteiger partial charge is 0.407 e. The summed E-state index contributed by atoms with van der Waals surface area (Å²) in [4.78, 5) is 24.2. The normalized spacial score (nSPS) is 14.3. The van der Waals surface area contributed by atoms with Crippen LogP contribution >= 0.6 is 0 Å². The van der Waals surface area contributed by atoms with Crippen LogP contribution in [-0.4, -0.2) is 36.9 Å². The highest BCUT2D eigenvalue weighted by Gasteiger charge is 2.25. The van der Waals surface area contributed by atoms with Gasteiger partial charge in [0, 0.05) is 0 Å². The summed E-state index contributed by atoms with van der Waals surface area (Å²) in [5.41, 5.74) is 3.37. The molecule has 1 N–H and O–H groups in total. The van der Waals surface area contributed by atoms with E-state index in [9.17, 15) is 9.59 Å². The topological polar surface area (TPSA) is 73.9 Å². The van der Waals surface area contributed by atoms with Crippen molar-refractivity contribution in [2.24, 2.45) is 0 Å². The van der Waals surface area contributed by atoms with E-state index in [1.54, 1.807) is 13.0 Å². The second-order valence-electron chi connectivity index (χ2n) is 7.94. The molecule has 1 aliphatic carbocycles. The minimum absolute atomic E-state index is 0.237. The van der Waals surface area contributed by atoms with Crippen molar-refractivity contribution in [3.8, 4) is 5.75 Å². The van der Waals surface area contributed by atoms with Gasteiger partial charge in [-0.1, -0.05) is 0 Å². The maximum Gasteiger partial charge on any atom is 0.407 e. The van der Waals surface area contributed by atoms with E-state index in [0.717, 1.165) is 30.4 Å². The molecule has 0 aromatic heterocycles. The van der Waals surface area contributed by atoms with Crippen LogP contribution in [0.4, 0.5) is 4.79 Å². The molecule has 150 valence electrons. The summed E-state index contributed by atoms with van der Waals surface area (Å²) in [6.45, 7) is 11.7. The van der Waals surface area contributed by atoms with E-state index in [4.69, 9.17) is 14.2 Å². The van der Waals surface area contributed by atoms with Crippen LogP contribution in [0.15, 0.2) is 6.07 Å². The number of ether oxygens (including phenoxy) is 3. The molecule has 27 heavy (non-hydrogen) atoms. The summed E-state index contributed by atoms with van der Waals surface area (Å²) in [5, 5.41) is 2.76. The third-order valence-electron chi connectivity index (χ3n) is 4.39. The molecule has 0 radical (unpaired) electrons. The molecule has 6 nitrogen and oxygen atoms in total. The molecule has 0 bridgehead atoms. The van der Waals surface area contributed by atoms with Crippen LogP contribution in [0, 0.1) is 6.92 Å². The van der Waals surface area contributed by atoms with Crippen molar-refractivity contribution in [2.45, 2.75) is 72.4 Å². The average molecular weight is 377 g/mol. The van der Waals surface area contributed by atoms with E-state index in [2.05, 4.69) is 5.32 Å². The highest BCUT2D eigenvalue weighted by molar-refractivity contribution is 5.92. The maximum atomic E-state index is 12.3. The lowest BCUT2D eigenvalue weighted by Gasteiger charge is -2.22. The fraction of sp³-hybridized carbons (Fsp3) is 0.619. The van der Waals surface area contributed by atoms with Gasteiger partial charge in [0.15, 0.2) is 0 Å². The van der Waals surface area contributed by atoms with Crippen LogP contribution in [0.3, 0.4) is 0 Å². The fourth-order valence-electron chi connectivity index (χ4n) is 3.24. The van der Waals surface area contributed by atoms with Crippen molar-refractivity contribution in [3.05, 3.63) is 28.3 Å². The van der Waals surface area contributed by atoms with Gasteiger partial charge < -0.3 is 19.5 Å². The first-order valence-electron chi connectivity index (χ1n) is 9.57. The number of nitrogens with one attached hydrogen (secondary N) is 1. The number of alkyl carbamates (subject to hydrolysis) is 1. The Morgan fingerprint density at radius 3 is 2.52 bits per heavy atom. The van der Waals surface area contributed by atoms with Crippen LogP contribution in [-0.2, 0) is 22.3 Å². The zero-order valence-corrected chi connectivity index (χ0v) is 17.2. The zero-order valence-electron chi connectivity index (χ0n) is 17.2. The predicted molar refractivity (Wildman–Crippen MR) is 103 cm³/mol. The van der Waals surface area contributed by atoms with Crippen LogP contribution < -0.4 is 10.1 Å². The Labute approximate surface area is 161 Å². The van der Waals surface area contributed by atoms with Crippen LogP contribution in [0.1, 0.15) is 68.1 Å². The van der Waals surface area contributed by atoms with Crippen molar-refractivity contribution in [1.29, 1.82) is 0 Å². The Kier molecular flexibility index (Phi) is 6.73. The van der Waals surface area contributed by atoms with Crippen molar-refractivity contribution in [2.75, 3.05) is 13.2 Å². The minimum Gasteiger partial charge on any atom is -0.491 e. The number of carbonyl (C=O) groups is 2. The minimum atomic E-state index is -0.546. The van der Waals surface area contributed by atoms with Gasteiger partial charge in [0.1, 0.15) is 18.0 Å². The van der Waals surface area contributed by atoms with Gasteiger partial charge in [-0.15, -0.1) is 0 Å². The fourth-order valence-corrected chi connectivity index (χ4v) is 3.24. The number of amides is 1. The molecule has 1 atom stereocenters. The van der Waals surface area contributed by atoms with E-state index in [1.807, 2.05) is 34.6 Å². The molecular weight excluding hydrogens is 346 g/mol. The number of fused-ring (bicyclic) bond motifs is 1. The Morgan fingerprint density at radius 1 is 1.22 bits per heavy atom. The summed E-state index contributed by atoms with van der Waals surface area (Å²) in [5.74, 6) is 0.358. The van der Waals surface area contributed by atoms with Gasteiger partial charge in [0.25, 0.3) is 0 Å². The Balaban J connectivity index is 2.09. The molecule has 0 heterocycles. The number of benzene rings is 1. The largest absolute Gasteiger partial charge is 0.491 e. The van der Waals surface area contributed by atoms with Crippen molar-refractivity contribution >= 4 is 12.1 Å². The van der Waals surface area contributed by atoms with Gasteiger partial charge in [-0.25, -0.2) is 9.59 Å². The van der Waals surface area contributed by atoms with E-state index in [-0.39, 0.29) is 18.6 Å². The van der Waals surface area contributed by atoms with Crippen molar-refractivity contribution in [1.82, 2.24) is 5.32 Å². The van der Waals surface area contributed by atoms with E-state index in [1.165, 1.54) is 5.56 Å². The van der Waals surface area contributed by atoms with Crippen molar-refractivity contribution in [3.63, 3.8) is 0 Å². The average Bonchev–Trinajstić information content (AvgIpc) is 3.02. The highest BCUT2D eigenvalue weighted by Crippen LogP contribution is 2.35. The first kappa shape index (κ1) is 21.1. The molecule has 1 aromatic rings. The lowest BCUT2D eigenvalue weighted by molar-refractivity contribution is 0.0492.